The number of furan rings is 1. The Morgan fingerprint density at radius 1 is 1.62 bits per heavy atom. The molecule has 1 amide bonds. The van der Waals surface area contributed by atoms with Gasteiger partial charge in [0.05, 0.1) is 12.5 Å². The number of nitrogens with one attached hydrogen (secondary N) is 1. The number of primary amides is 1. The van der Waals surface area contributed by atoms with Gasteiger partial charge in [-0.05, 0) is 19.0 Å². The van der Waals surface area contributed by atoms with E-state index in [9.17, 15) is 4.79 Å². The first-order valence-electron chi connectivity index (χ1n) is 4.29. The highest BCUT2D eigenvalue weighted by atomic mass is 16.3. The largest absolute Gasteiger partial charge is 0.472 e. The summed E-state index contributed by atoms with van der Waals surface area (Å²) in [5.74, 6) is -0.245. The Morgan fingerprint density at radius 3 is 3.08 bits per heavy atom. The van der Waals surface area contributed by atoms with Crippen molar-refractivity contribution in [3.8, 4) is 0 Å². The third-order valence-corrected chi connectivity index (χ3v) is 1.69. The fourth-order valence-electron chi connectivity index (χ4n) is 1.01. The zero-order valence-corrected chi connectivity index (χ0v) is 7.45. The first kappa shape index (κ1) is 9.80. The summed E-state index contributed by atoms with van der Waals surface area (Å²) in [6, 6.07) is 1.90. The first-order valence-corrected chi connectivity index (χ1v) is 4.29. The average molecular weight is 182 g/mol. The van der Waals surface area contributed by atoms with E-state index in [0.717, 1.165) is 25.1 Å². The van der Waals surface area contributed by atoms with Crippen LogP contribution >= 0.6 is 0 Å². The number of rotatable bonds is 6. The molecule has 0 aliphatic carbocycles. The normalized spacial score (nSPS) is 10.2. The minimum Gasteiger partial charge on any atom is -0.472 e. The molecule has 4 heteroatoms. The predicted molar refractivity (Wildman–Crippen MR) is 48.8 cm³/mol. The van der Waals surface area contributed by atoms with Gasteiger partial charge in [-0.25, -0.2) is 0 Å². The van der Waals surface area contributed by atoms with Gasteiger partial charge in [0.25, 0.3) is 0 Å². The summed E-state index contributed by atoms with van der Waals surface area (Å²) in [7, 11) is 0. The molecule has 1 aromatic rings. The van der Waals surface area contributed by atoms with Crippen LogP contribution in [0.4, 0.5) is 0 Å². The molecular weight excluding hydrogens is 168 g/mol. The van der Waals surface area contributed by atoms with Crippen molar-refractivity contribution in [3.63, 3.8) is 0 Å². The van der Waals surface area contributed by atoms with Crippen molar-refractivity contribution in [1.29, 1.82) is 0 Å². The second kappa shape index (κ2) is 5.37. The van der Waals surface area contributed by atoms with Gasteiger partial charge in [0.2, 0.25) is 5.91 Å². The molecule has 13 heavy (non-hydrogen) atoms. The van der Waals surface area contributed by atoms with Crippen molar-refractivity contribution in [3.05, 3.63) is 24.2 Å². The Balaban J connectivity index is 1.99. The third kappa shape index (κ3) is 4.32. The highest BCUT2D eigenvalue weighted by molar-refractivity contribution is 5.73. The monoisotopic (exact) mass is 182 g/mol. The van der Waals surface area contributed by atoms with E-state index in [1.165, 1.54) is 0 Å². The fourth-order valence-corrected chi connectivity index (χ4v) is 1.01. The second-order valence-electron chi connectivity index (χ2n) is 2.88. The lowest BCUT2D eigenvalue weighted by molar-refractivity contribution is -0.118. The molecule has 0 spiro atoms. The van der Waals surface area contributed by atoms with Crippen LogP contribution in [0.25, 0.3) is 0 Å². The summed E-state index contributed by atoms with van der Waals surface area (Å²) in [6.45, 7) is 1.57. The lowest BCUT2D eigenvalue weighted by Crippen LogP contribution is -2.17. The van der Waals surface area contributed by atoms with Crippen molar-refractivity contribution in [2.24, 2.45) is 5.73 Å². The Bertz CT molecular complexity index is 244. The van der Waals surface area contributed by atoms with Gasteiger partial charge in [-0.3, -0.25) is 4.79 Å². The molecule has 0 aliphatic rings. The Kier molecular flexibility index (Phi) is 4.05. The summed E-state index contributed by atoms with van der Waals surface area (Å²) in [4.78, 5) is 10.4. The number of hydrogen-bond acceptors (Lipinski definition) is 3. The SMILES string of the molecule is NC(=O)CCCNCc1ccoc1. The van der Waals surface area contributed by atoms with E-state index in [4.69, 9.17) is 10.2 Å². The van der Waals surface area contributed by atoms with Gasteiger partial charge < -0.3 is 15.5 Å². The molecule has 0 bridgehead atoms. The molecular formula is C9H14N2O2. The molecule has 0 unspecified atom stereocenters. The van der Waals surface area contributed by atoms with Crippen LogP contribution in [0.15, 0.2) is 23.0 Å². The first-order chi connectivity index (χ1) is 6.29. The average Bonchev–Trinajstić information content (AvgIpc) is 2.55. The minimum absolute atomic E-state index is 0.245. The fraction of sp³-hybridized carbons (Fsp3) is 0.444. The van der Waals surface area contributed by atoms with Crippen molar-refractivity contribution in [2.75, 3.05) is 6.54 Å². The van der Waals surface area contributed by atoms with Gasteiger partial charge in [-0.2, -0.15) is 0 Å². The van der Waals surface area contributed by atoms with Crippen LogP contribution in [0.5, 0.6) is 0 Å². The minimum atomic E-state index is -0.245. The maximum absolute atomic E-state index is 10.4. The maximum Gasteiger partial charge on any atom is 0.217 e. The molecule has 72 valence electrons. The summed E-state index contributed by atoms with van der Waals surface area (Å²) in [6.07, 6.45) is 4.56. The summed E-state index contributed by atoms with van der Waals surface area (Å²) < 4.78 is 4.90. The summed E-state index contributed by atoms with van der Waals surface area (Å²) in [5.41, 5.74) is 6.10. The Morgan fingerprint density at radius 2 is 2.46 bits per heavy atom. The predicted octanol–water partition coefficient (Wildman–Crippen LogP) is 0.635. The summed E-state index contributed by atoms with van der Waals surface area (Å²) >= 11 is 0. The highest BCUT2D eigenvalue weighted by Gasteiger charge is 1.95. The number of amides is 1. The lowest BCUT2D eigenvalue weighted by atomic mass is 10.3. The van der Waals surface area contributed by atoms with Gasteiger partial charge in [0, 0.05) is 18.5 Å². The van der Waals surface area contributed by atoms with E-state index < -0.39 is 0 Å². The number of carbonyl (C=O) groups excluding carboxylic acids is 1. The van der Waals surface area contributed by atoms with Crippen LogP contribution < -0.4 is 11.1 Å². The van der Waals surface area contributed by atoms with E-state index in [2.05, 4.69) is 5.32 Å². The van der Waals surface area contributed by atoms with Crippen LogP contribution in [-0.4, -0.2) is 12.5 Å². The van der Waals surface area contributed by atoms with E-state index in [0.29, 0.717) is 6.42 Å². The molecule has 3 N–H and O–H groups in total. The molecule has 0 radical (unpaired) electrons. The van der Waals surface area contributed by atoms with E-state index in [-0.39, 0.29) is 5.91 Å². The van der Waals surface area contributed by atoms with Gasteiger partial charge in [0.1, 0.15) is 0 Å². The molecule has 0 saturated carbocycles. The lowest BCUT2D eigenvalue weighted by Gasteiger charge is -2.00. The summed E-state index contributed by atoms with van der Waals surface area (Å²) in [5, 5.41) is 3.18. The molecule has 0 aromatic carbocycles. The zero-order valence-electron chi connectivity index (χ0n) is 7.45. The van der Waals surface area contributed by atoms with E-state index in [1.807, 2.05) is 6.07 Å². The van der Waals surface area contributed by atoms with Crippen molar-refractivity contribution >= 4 is 5.91 Å². The molecule has 0 fully saturated rings. The van der Waals surface area contributed by atoms with Crippen molar-refractivity contribution in [2.45, 2.75) is 19.4 Å². The van der Waals surface area contributed by atoms with Gasteiger partial charge >= 0.3 is 0 Å². The molecule has 0 atom stereocenters. The van der Waals surface area contributed by atoms with E-state index in [1.54, 1.807) is 12.5 Å². The van der Waals surface area contributed by atoms with Crippen LogP contribution in [0.2, 0.25) is 0 Å². The molecule has 4 nitrogen and oxygen atoms in total. The van der Waals surface area contributed by atoms with Gasteiger partial charge in [-0.15, -0.1) is 0 Å². The molecule has 1 heterocycles. The third-order valence-electron chi connectivity index (χ3n) is 1.69. The quantitative estimate of drug-likeness (QED) is 0.634. The molecule has 0 saturated heterocycles. The number of hydrogen-bond donors (Lipinski definition) is 2. The van der Waals surface area contributed by atoms with Gasteiger partial charge in [-0.1, -0.05) is 0 Å². The molecule has 0 aliphatic heterocycles. The van der Waals surface area contributed by atoms with Crippen LogP contribution in [-0.2, 0) is 11.3 Å². The zero-order chi connectivity index (χ0) is 9.52. The van der Waals surface area contributed by atoms with Crippen LogP contribution in [0, 0.1) is 0 Å². The standard InChI is InChI=1S/C9H14N2O2/c10-9(12)2-1-4-11-6-8-3-5-13-7-8/h3,5,7,11H,1-2,4,6H2,(H2,10,12). The Labute approximate surface area is 77.1 Å². The highest BCUT2D eigenvalue weighted by Crippen LogP contribution is 1.98. The maximum atomic E-state index is 10.4. The number of carbonyl (C=O) groups is 1. The number of nitrogens with two attached hydrogens (primary N) is 1. The molecule has 1 aromatic heterocycles. The topological polar surface area (TPSA) is 68.3 Å². The van der Waals surface area contributed by atoms with Gasteiger partial charge in [0.15, 0.2) is 0 Å². The smallest absolute Gasteiger partial charge is 0.217 e. The Hall–Kier alpha value is -1.29. The molecule has 1 rings (SSSR count). The second-order valence-corrected chi connectivity index (χ2v) is 2.88. The van der Waals surface area contributed by atoms with E-state index >= 15 is 0 Å². The van der Waals surface area contributed by atoms with Crippen molar-refractivity contribution in [1.82, 2.24) is 5.32 Å². The van der Waals surface area contributed by atoms with Crippen molar-refractivity contribution < 1.29 is 9.21 Å². The van der Waals surface area contributed by atoms with Crippen LogP contribution in [0.3, 0.4) is 0 Å². The van der Waals surface area contributed by atoms with Crippen LogP contribution in [0.1, 0.15) is 18.4 Å².